The number of para-hydroxylation sites is 2. The molecule has 1 fully saturated rings. The maximum absolute atomic E-state index is 14.3. The highest BCUT2D eigenvalue weighted by Crippen LogP contribution is 2.53. The van der Waals surface area contributed by atoms with E-state index in [0.29, 0.717) is 48.7 Å². The summed E-state index contributed by atoms with van der Waals surface area (Å²) in [5, 5.41) is 19.9. The number of phenols is 1. The number of amides is 4. The van der Waals surface area contributed by atoms with E-state index in [-0.39, 0.29) is 31.0 Å². The minimum atomic E-state index is -3.96. The number of nitrogens with zero attached hydrogens (tertiary/aromatic N) is 9. The van der Waals surface area contributed by atoms with Gasteiger partial charge in [0, 0.05) is 87.9 Å². The molecule has 0 radical (unpaired) electrons. The summed E-state index contributed by atoms with van der Waals surface area (Å²) in [6.45, 7) is 13.0. The fourth-order valence-corrected chi connectivity index (χ4v) is 18.5. The van der Waals surface area contributed by atoms with Crippen LogP contribution in [-0.2, 0) is 31.0 Å². The molecule has 24 heteroatoms. The summed E-state index contributed by atoms with van der Waals surface area (Å²) in [5.74, 6) is -1.10. The molecule has 4 amide bonds. The van der Waals surface area contributed by atoms with Gasteiger partial charge in [-0.05, 0) is 152 Å². The van der Waals surface area contributed by atoms with Gasteiger partial charge >= 0.3 is 6.03 Å². The molecule has 8 aromatic carbocycles. The molecule has 2 N–H and O–H groups in total. The standard InChI is InChI=1S/C39H38N4O4S2.C25H26Cl2N2O3S3.C13H11N3O/c1-5-7-20-42-37(44)34(38(45)43(39(42)46)21-22-47-4)27(23-32-40(3)35-28-14-10-8-12-25(28)16-18-30(35)48-32)24-33-41(6-2)36-29-15-11-9-13-26(29)17-19-31(36)49-33;1-3-17(13-24-28(4-2)20-15-18(26)7-9-22(20)33-24)14-25-29(11-5-6-12-35(30,31)32)21-16-19(27)8-10-23(21)34-25;1-9-6-7-13(17)12(8-9)16-14-10-4-2-3-5-11(10)15(14)16/h8-19,23-24H,5-7,20-22H2,1-4H3;7-10,13-16H,3-6,11-12H2,1-2H3;2-8,17H,1H3/p+1/b32-23+,33-24-,34-27+;;. The van der Waals surface area contributed by atoms with Crippen LogP contribution in [0.25, 0.3) is 54.6 Å². The van der Waals surface area contributed by atoms with Gasteiger partial charge in [-0.3, -0.25) is 23.9 Å². The molecule has 0 unspecified atom stereocenters. The summed E-state index contributed by atoms with van der Waals surface area (Å²) < 4.78 is 44.0. The topological polar surface area (TPSA) is 169 Å². The second-order valence-corrected chi connectivity index (χ2v) is 31.4. The Kier molecular flexibility index (Phi) is 21.3. The Balaban J connectivity index is 0.000000151. The quantitative estimate of drug-likeness (QED) is 0.0258. The molecule has 520 valence electrons. The van der Waals surface area contributed by atoms with Crippen molar-refractivity contribution in [1.29, 1.82) is 0 Å². The van der Waals surface area contributed by atoms with E-state index in [0.717, 1.165) is 114 Å². The number of benzene rings is 8. The first kappa shape index (κ1) is 71.0. The van der Waals surface area contributed by atoms with Crippen molar-refractivity contribution in [2.24, 2.45) is 0 Å². The number of aromatic nitrogens is 4. The number of fused-ring (bicyclic) bond motifs is 12. The summed E-state index contributed by atoms with van der Waals surface area (Å²) in [7, 11) is -0.409. The van der Waals surface area contributed by atoms with Gasteiger partial charge in [0.15, 0.2) is 6.54 Å². The van der Waals surface area contributed by atoms with Crippen LogP contribution in [0.2, 0.25) is 10.0 Å². The largest absolute Gasteiger partial charge is 0.506 e. The third-order valence-corrected chi connectivity index (χ3v) is 23.8. The molecule has 0 spiro atoms. The molecular weight excluding hydrogens is 1410 g/mol. The van der Waals surface area contributed by atoms with Crippen LogP contribution in [0.15, 0.2) is 216 Å². The summed E-state index contributed by atoms with van der Waals surface area (Å²) in [6.07, 6.45) is 11.6. The van der Waals surface area contributed by atoms with E-state index in [4.69, 9.17) is 32.5 Å². The van der Waals surface area contributed by atoms with Crippen molar-refractivity contribution in [3.63, 3.8) is 0 Å². The number of anilines is 3. The van der Waals surface area contributed by atoms with Crippen LogP contribution in [0, 0.1) is 6.92 Å². The molecule has 17 nitrogen and oxygen atoms in total. The van der Waals surface area contributed by atoms with E-state index in [9.17, 15) is 27.9 Å². The minimum absolute atomic E-state index is 0.0147. The number of unbranched alkanes of at least 4 members (excludes halogenated alkanes) is 2. The van der Waals surface area contributed by atoms with E-state index in [1.54, 1.807) is 52.7 Å². The fourth-order valence-electron chi connectivity index (χ4n) is 13.0. The number of phenolic OH excluding ortho intramolecular Hbond substituents is 1. The Hall–Kier alpha value is -8.42. The van der Waals surface area contributed by atoms with Gasteiger partial charge in [0.25, 0.3) is 26.9 Å². The number of thiazole rings is 1. The number of barbiturate groups is 1. The molecule has 0 bridgehead atoms. The van der Waals surface area contributed by atoms with Crippen molar-refractivity contribution < 1.29 is 41.8 Å². The van der Waals surface area contributed by atoms with Gasteiger partial charge in [0.2, 0.25) is 5.52 Å². The van der Waals surface area contributed by atoms with Crippen molar-refractivity contribution in [2.75, 3.05) is 67.4 Å². The molecule has 4 aliphatic rings. The molecule has 4 aliphatic heterocycles. The predicted octanol–water partition coefficient (Wildman–Crippen LogP) is 18.2. The van der Waals surface area contributed by atoms with Crippen LogP contribution in [0.3, 0.4) is 0 Å². The van der Waals surface area contributed by atoms with Crippen LogP contribution in [-0.4, -0.2) is 112 Å². The molecule has 0 atom stereocenters. The van der Waals surface area contributed by atoms with Crippen molar-refractivity contribution >= 4 is 164 Å². The van der Waals surface area contributed by atoms with E-state index >= 15 is 0 Å². The molecular formula is C77H76Cl2N9O8S5+. The Morgan fingerprint density at radius 2 is 1.22 bits per heavy atom. The van der Waals surface area contributed by atoms with Crippen molar-refractivity contribution in [3.05, 3.63) is 222 Å². The number of halogens is 2. The highest BCUT2D eigenvalue weighted by molar-refractivity contribution is 8.04. The lowest BCUT2D eigenvalue weighted by atomic mass is 10.0. The van der Waals surface area contributed by atoms with Gasteiger partial charge in [0.1, 0.15) is 32.7 Å². The zero-order chi connectivity index (χ0) is 71.0. The Labute approximate surface area is 613 Å². The zero-order valence-corrected chi connectivity index (χ0v) is 62.5. The number of carbonyl (C=O) groups is 3. The number of aryl methyl sites for hydroxylation is 2. The van der Waals surface area contributed by atoms with Crippen LogP contribution in [0.1, 0.15) is 70.4 Å². The highest BCUT2D eigenvalue weighted by Gasteiger charge is 2.44. The maximum atomic E-state index is 14.3. The summed E-state index contributed by atoms with van der Waals surface area (Å²) in [5.41, 5.74) is 10.3. The second kappa shape index (κ2) is 30.3. The fraction of sp³-hybridized carbons (Fsp3) is 0.247. The van der Waals surface area contributed by atoms with Crippen molar-refractivity contribution in [3.8, 4) is 11.4 Å². The average Bonchev–Trinajstić information content (AvgIpc) is 1.51. The van der Waals surface area contributed by atoms with Gasteiger partial charge in [0.05, 0.1) is 51.1 Å². The van der Waals surface area contributed by atoms with E-state index in [1.807, 2.05) is 126 Å². The third-order valence-electron chi connectivity index (χ3n) is 18.1. The number of hydrogen-bond donors (Lipinski definition) is 2. The van der Waals surface area contributed by atoms with E-state index in [2.05, 4.69) is 119 Å². The van der Waals surface area contributed by atoms with Crippen molar-refractivity contribution in [1.82, 2.24) is 23.9 Å². The summed E-state index contributed by atoms with van der Waals surface area (Å²) >= 11 is 19.2. The molecule has 0 aliphatic carbocycles. The molecule has 3 aromatic heterocycles. The third kappa shape index (κ3) is 14.4. The van der Waals surface area contributed by atoms with Crippen LogP contribution >= 0.6 is 69.8 Å². The monoisotopic (exact) mass is 1480 g/mol. The molecule has 101 heavy (non-hydrogen) atoms. The van der Waals surface area contributed by atoms with Crippen LogP contribution in [0.4, 0.5) is 21.9 Å². The highest BCUT2D eigenvalue weighted by atomic mass is 35.5. The number of thioether (sulfide) groups is 3. The Morgan fingerprint density at radius 1 is 0.624 bits per heavy atom. The number of urea groups is 1. The number of imide groups is 2. The summed E-state index contributed by atoms with van der Waals surface area (Å²) in [6, 6.07) is 50.2. The number of carbonyl (C=O) groups excluding carboxylic acids is 3. The number of hydrogen-bond acceptors (Lipinski definition) is 14. The number of ether oxygens (including phenoxy) is 1. The normalized spacial score (nSPS) is 16.5. The van der Waals surface area contributed by atoms with Crippen LogP contribution < -0.4 is 19.3 Å². The average molecular weight is 1490 g/mol. The number of methoxy groups -OCH3 is 1. The minimum Gasteiger partial charge on any atom is -0.506 e. The summed E-state index contributed by atoms with van der Waals surface area (Å²) in [4.78, 5) is 56.7. The Morgan fingerprint density at radius 3 is 1.88 bits per heavy atom. The Bertz CT molecular complexity index is 5270. The zero-order valence-electron chi connectivity index (χ0n) is 56.9. The molecule has 1 saturated heterocycles. The first-order valence-corrected chi connectivity index (χ1v) is 39.2. The second-order valence-electron chi connectivity index (χ2n) is 24.7. The molecule has 7 heterocycles. The predicted molar refractivity (Wildman–Crippen MR) is 414 cm³/mol. The number of aromatic hydroxyl groups is 1. The lowest BCUT2D eigenvalue weighted by Crippen LogP contribution is -2.57. The van der Waals surface area contributed by atoms with Gasteiger partial charge in [-0.25, -0.2) is 4.79 Å². The van der Waals surface area contributed by atoms with Gasteiger partial charge in [-0.1, -0.05) is 169 Å². The van der Waals surface area contributed by atoms with E-state index < -0.39 is 28.0 Å². The smallest absolute Gasteiger partial charge is 0.334 e. The first-order chi connectivity index (χ1) is 48.8. The van der Waals surface area contributed by atoms with E-state index in [1.165, 1.54) is 38.5 Å². The molecule has 11 aromatic rings. The number of rotatable bonds is 19. The van der Waals surface area contributed by atoms with Crippen molar-refractivity contribution in [2.45, 2.75) is 88.0 Å². The maximum Gasteiger partial charge on any atom is 0.334 e. The van der Waals surface area contributed by atoms with Gasteiger partial charge in [-0.15, -0.1) is 14.1 Å². The first-order valence-electron chi connectivity index (χ1n) is 33.6. The van der Waals surface area contributed by atoms with Gasteiger partial charge in [-0.2, -0.15) is 13.0 Å². The van der Waals surface area contributed by atoms with Gasteiger partial charge < -0.3 is 24.5 Å². The lowest BCUT2D eigenvalue weighted by Gasteiger charge is -2.34. The lowest BCUT2D eigenvalue weighted by molar-refractivity contribution is -0.669. The molecule has 15 rings (SSSR count). The van der Waals surface area contributed by atoms with Crippen LogP contribution in [0.5, 0.6) is 5.75 Å². The number of allylic oxidation sites excluding steroid dienone is 5. The molecule has 0 saturated carbocycles. The SMILES string of the molecule is CCC(/C=C1\Sc2ccc(Cl)cc2N1CC)=C\c1sc2ccc(Cl)cc2[n+]1CCCCS(=O)(=O)O.CCCCN1C(=O)/C(=C(\C=C2/Sc3ccc4ccccc4c3N2CC)/C=C2/Sc3ccc4ccccc4c3N2C)C(=O)N(CCOC)C1=O.Cc1ccc(O)c(-n2n3c4ccccc4n23)c1.